The number of aryl methyl sites for hydroxylation is 1. The molecule has 1 aromatic rings. The highest BCUT2D eigenvalue weighted by Crippen LogP contribution is 2.31. The van der Waals surface area contributed by atoms with Gasteiger partial charge in [0.05, 0.1) is 5.69 Å². The SMILES string of the molecule is NCCC1CCCc2cncnc21. The highest BCUT2D eigenvalue weighted by Gasteiger charge is 2.20. The Labute approximate surface area is 78.4 Å². The zero-order valence-corrected chi connectivity index (χ0v) is 7.74. The molecule has 1 aliphatic rings. The van der Waals surface area contributed by atoms with Crippen molar-refractivity contribution in [2.75, 3.05) is 6.54 Å². The molecular weight excluding hydrogens is 162 g/mol. The van der Waals surface area contributed by atoms with Crippen molar-refractivity contribution < 1.29 is 0 Å². The molecule has 1 aromatic heterocycles. The van der Waals surface area contributed by atoms with Gasteiger partial charge in [0, 0.05) is 12.1 Å². The largest absolute Gasteiger partial charge is 0.330 e. The summed E-state index contributed by atoms with van der Waals surface area (Å²) in [7, 11) is 0. The van der Waals surface area contributed by atoms with Gasteiger partial charge in [-0.2, -0.15) is 0 Å². The molecule has 0 bridgehead atoms. The van der Waals surface area contributed by atoms with Crippen LogP contribution < -0.4 is 5.73 Å². The van der Waals surface area contributed by atoms with Crippen molar-refractivity contribution in [3.63, 3.8) is 0 Å². The van der Waals surface area contributed by atoms with Gasteiger partial charge in [0.15, 0.2) is 0 Å². The summed E-state index contributed by atoms with van der Waals surface area (Å²) < 4.78 is 0. The Balaban J connectivity index is 2.26. The molecule has 0 saturated heterocycles. The van der Waals surface area contributed by atoms with Crippen LogP contribution >= 0.6 is 0 Å². The van der Waals surface area contributed by atoms with Crippen LogP contribution in [0.25, 0.3) is 0 Å². The van der Waals surface area contributed by atoms with Crippen LogP contribution in [0.5, 0.6) is 0 Å². The number of hydrogen-bond donors (Lipinski definition) is 1. The van der Waals surface area contributed by atoms with Gasteiger partial charge in [-0.15, -0.1) is 0 Å². The molecule has 70 valence electrons. The van der Waals surface area contributed by atoms with Crippen molar-refractivity contribution >= 4 is 0 Å². The molecule has 0 radical (unpaired) electrons. The van der Waals surface area contributed by atoms with Gasteiger partial charge in [0.25, 0.3) is 0 Å². The lowest BCUT2D eigenvalue weighted by atomic mass is 9.85. The van der Waals surface area contributed by atoms with Gasteiger partial charge < -0.3 is 5.73 Å². The Morgan fingerprint density at radius 2 is 2.46 bits per heavy atom. The Morgan fingerprint density at radius 1 is 1.54 bits per heavy atom. The van der Waals surface area contributed by atoms with Crippen molar-refractivity contribution in [2.24, 2.45) is 5.73 Å². The molecule has 0 fully saturated rings. The van der Waals surface area contributed by atoms with Gasteiger partial charge in [-0.25, -0.2) is 9.97 Å². The van der Waals surface area contributed by atoms with Crippen molar-refractivity contribution in [3.05, 3.63) is 23.8 Å². The van der Waals surface area contributed by atoms with Crippen molar-refractivity contribution in [2.45, 2.75) is 31.6 Å². The lowest BCUT2D eigenvalue weighted by molar-refractivity contribution is 0.509. The summed E-state index contributed by atoms with van der Waals surface area (Å²) in [6.07, 6.45) is 8.28. The number of rotatable bonds is 2. The molecule has 0 amide bonds. The quantitative estimate of drug-likeness (QED) is 0.739. The molecule has 0 aliphatic heterocycles. The van der Waals surface area contributed by atoms with Crippen LogP contribution in [0.4, 0.5) is 0 Å². The van der Waals surface area contributed by atoms with Gasteiger partial charge in [-0.1, -0.05) is 0 Å². The molecule has 1 heterocycles. The van der Waals surface area contributed by atoms with Gasteiger partial charge in [-0.05, 0) is 37.8 Å². The molecule has 1 aliphatic carbocycles. The second-order valence-electron chi connectivity index (χ2n) is 3.60. The third-order valence-corrected chi connectivity index (χ3v) is 2.72. The fourth-order valence-electron chi connectivity index (χ4n) is 2.09. The molecule has 0 aromatic carbocycles. The normalized spacial score (nSPS) is 21.2. The van der Waals surface area contributed by atoms with Crippen molar-refractivity contribution in [3.8, 4) is 0 Å². The first-order valence-electron chi connectivity index (χ1n) is 4.90. The summed E-state index contributed by atoms with van der Waals surface area (Å²) in [6.45, 7) is 0.758. The first-order valence-corrected chi connectivity index (χ1v) is 4.90. The van der Waals surface area contributed by atoms with E-state index in [1.165, 1.54) is 24.1 Å². The first-order chi connectivity index (χ1) is 6.42. The Kier molecular flexibility index (Phi) is 2.54. The average Bonchev–Trinajstić information content (AvgIpc) is 2.19. The van der Waals surface area contributed by atoms with Crippen LogP contribution in [0.15, 0.2) is 12.5 Å². The fraction of sp³-hybridized carbons (Fsp3) is 0.600. The van der Waals surface area contributed by atoms with E-state index in [0.29, 0.717) is 5.92 Å². The minimum atomic E-state index is 0.580. The second kappa shape index (κ2) is 3.83. The first kappa shape index (κ1) is 8.63. The minimum absolute atomic E-state index is 0.580. The smallest absolute Gasteiger partial charge is 0.115 e. The van der Waals surface area contributed by atoms with E-state index < -0.39 is 0 Å². The van der Waals surface area contributed by atoms with Gasteiger partial charge in [-0.3, -0.25) is 0 Å². The highest BCUT2D eigenvalue weighted by atomic mass is 14.8. The Hall–Kier alpha value is -0.960. The predicted molar refractivity (Wildman–Crippen MR) is 51.4 cm³/mol. The van der Waals surface area contributed by atoms with E-state index in [1.54, 1.807) is 6.33 Å². The molecule has 0 saturated carbocycles. The monoisotopic (exact) mass is 177 g/mol. The fourth-order valence-corrected chi connectivity index (χ4v) is 2.09. The average molecular weight is 177 g/mol. The number of hydrogen-bond acceptors (Lipinski definition) is 3. The zero-order valence-electron chi connectivity index (χ0n) is 7.74. The molecule has 1 unspecified atom stereocenters. The Morgan fingerprint density at radius 3 is 3.31 bits per heavy atom. The lowest BCUT2D eigenvalue weighted by Crippen LogP contribution is -2.15. The summed E-state index contributed by atoms with van der Waals surface area (Å²) >= 11 is 0. The molecule has 1 atom stereocenters. The number of nitrogens with two attached hydrogens (primary N) is 1. The summed E-state index contributed by atoms with van der Waals surface area (Å²) in [5.41, 5.74) is 8.14. The van der Waals surface area contributed by atoms with E-state index in [-0.39, 0.29) is 0 Å². The maximum absolute atomic E-state index is 5.57. The van der Waals surface area contributed by atoms with Crippen LogP contribution in [0.2, 0.25) is 0 Å². The summed E-state index contributed by atoms with van der Waals surface area (Å²) in [4.78, 5) is 8.40. The van der Waals surface area contributed by atoms with Crippen molar-refractivity contribution in [1.82, 2.24) is 9.97 Å². The lowest BCUT2D eigenvalue weighted by Gasteiger charge is -2.22. The highest BCUT2D eigenvalue weighted by molar-refractivity contribution is 5.22. The summed E-state index contributed by atoms with van der Waals surface area (Å²) in [6, 6.07) is 0. The maximum atomic E-state index is 5.57. The van der Waals surface area contributed by atoms with E-state index in [9.17, 15) is 0 Å². The third-order valence-electron chi connectivity index (χ3n) is 2.72. The van der Waals surface area contributed by atoms with Gasteiger partial charge >= 0.3 is 0 Å². The van der Waals surface area contributed by atoms with Crippen LogP contribution in [0.3, 0.4) is 0 Å². The minimum Gasteiger partial charge on any atom is -0.330 e. The van der Waals surface area contributed by atoms with Crippen LogP contribution in [0.1, 0.15) is 36.4 Å². The van der Waals surface area contributed by atoms with Gasteiger partial charge in [0.2, 0.25) is 0 Å². The summed E-state index contributed by atoms with van der Waals surface area (Å²) in [5, 5.41) is 0. The molecule has 2 rings (SSSR count). The van der Waals surface area contributed by atoms with Gasteiger partial charge in [0.1, 0.15) is 6.33 Å². The third kappa shape index (κ3) is 1.70. The number of aromatic nitrogens is 2. The van der Waals surface area contributed by atoms with Crippen LogP contribution in [-0.2, 0) is 6.42 Å². The molecular formula is C10H15N3. The van der Waals surface area contributed by atoms with Crippen LogP contribution in [-0.4, -0.2) is 16.5 Å². The van der Waals surface area contributed by atoms with E-state index in [1.807, 2.05) is 6.20 Å². The molecule has 3 nitrogen and oxygen atoms in total. The number of nitrogens with zero attached hydrogens (tertiary/aromatic N) is 2. The molecule has 3 heteroatoms. The van der Waals surface area contributed by atoms with Crippen molar-refractivity contribution in [1.29, 1.82) is 0 Å². The van der Waals surface area contributed by atoms with E-state index in [2.05, 4.69) is 9.97 Å². The Bertz CT molecular complexity index is 285. The van der Waals surface area contributed by atoms with E-state index in [0.717, 1.165) is 19.4 Å². The predicted octanol–water partition coefficient (Wildman–Crippen LogP) is 1.25. The van der Waals surface area contributed by atoms with Crippen LogP contribution in [0, 0.1) is 0 Å². The standard InChI is InChI=1S/C10H15N3/c11-5-4-8-2-1-3-9-6-12-7-13-10(8)9/h6-8H,1-5,11H2. The van der Waals surface area contributed by atoms with E-state index >= 15 is 0 Å². The number of fused-ring (bicyclic) bond motifs is 1. The summed E-state index contributed by atoms with van der Waals surface area (Å²) in [5.74, 6) is 0.580. The molecule has 0 spiro atoms. The van der Waals surface area contributed by atoms with E-state index in [4.69, 9.17) is 5.73 Å². The molecule has 2 N–H and O–H groups in total. The second-order valence-corrected chi connectivity index (χ2v) is 3.60. The topological polar surface area (TPSA) is 51.8 Å². The zero-order chi connectivity index (χ0) is 9.10. The maximum Gasteiger partial charge on any atom is 0.115 e. The molecule has 13 heavy (non-hydrogen) atoms.